The topological polar surface area (TPSA) is 0 Å². The molecule has 0 aromatic heterocycles. The third-order valence-corrected chi connectivity index (χ3v) is 16.8. The number of fused-ring (bicyclic) bond motifs is 10. The summed E-state index contributed by atoms with van der Waals surface area (Å²) in [5.74, 6) is 0. The third-order valence-electron chi connectivity index (χ3n) is 16.8. The summed E-state index contributed by atoms with van der Waals surface area (Å²) in [5, 5.41) is 7.62. The molecule has 0 N–H and O–H groups in total. The van der Waals surface area contributed by atoms with E-state index < -0.39 is 0 Å². The van der Waals surface area contributed by atoms with Crippen molar-refractivity contribution in [3.8, 4) is 66.8 Å². The predicted molar refractivity (Wildman–Crippen MR) is 301 cm³/mol. The van der Waals surface area contributed by atoms with E-state index in [1.54, 1.807) is 0 Å². The smallest absolute Gasteiger partial charge is 0.0159 e. The molecular formula is C70H56. The number of allylic oxidation sites excluding steroid dienone is 5. The first-order valence-corrected chi connectivity index (χ1v) is 25.1. The predicted octanol–water partition coefficient (Wildman–Crippen LogP) is 19.2. The standard InChI is InChI=1S/C70H56/c1-9-18-50-53-34-32-46(38-63(53)68(3,4)60(50)10-2)66-55-36-31-45(42-27-29-44(30-28-42)49-24-17-20-43-19-11-12-21-48(43)49)37-57(55)67(47-33-35-54-51-22-13-15-25-61(51)69(5,6)64(54)39-47)59-41-65-56(40-58(59)66)52-23-14-16-26-62(52)70(65,7)8/h9-41H,2H2,1,3-8H3/b18-9-. The molecule has 0 nitrogen and oxygen atoms in total. The van der Waals surface area contributed by atoms with Gasteiger partial charge in [-0.1, -0.05) is 218 Å². The maximum atomic E-state index is 4.33. The molecule has 0 amide bonds. The molecule has 13 rings (SSSR count). The number of hydrogen-bond donors (Lipinski definition) is 0. The Labute approximate surface area is 413 Å². The average molecular weight is 897 g/mol. The van der Waals surface area contributed by atoms with Gasteiger partial charge in [0.05, 0.1) is 0 Å². The zero-order valence-electron chi connectivity index (χ0n) is 41.3. The minimum atomic E-state index is -0.210. The van der Waals surface area contributed by atoms with E-state index in [2.05, 4.69) is 255 Å². The molecule has 336 valence electrons. The lowest BCUT2D eigenvalue weighted by Crippen LogP contribution is -2.16. The van der Waals surface area contributed by atoms with Crippen molar-refractivity contribution in [3.63, 3.8) is 0 Å². The first-order valence-electron chi connectivity index (χ1n) is 25.1. The van der Waals surface area contributed by atoms with E-state index in [1.165, 1.54) is 144 Å². The van der Waals surface area contributed by atoms with Gasteiger partial charge < -0.3 is 0 Å². The van der Waals surface area contributed by atoms with Gasteiger partial charge >= 0.3 is 0 Å². The molecule has 0 spiro atoms. The van der Waals surface area contributed by atoms with Crippen LogP contribution in [-0.2, 0) is 16.2 Å². The molecule has 0 unspecified atom stereocenters. The molecule has 0 atom stereocenters. The molecule has 10 aromatic carbocycles. The van der Waals surface area contributed by atoms with Crippen LogP contribution in [0.25, 0.3) is 105 Å². The first-order chi connectivity index (χ1) is 33.9. The highest BCUT2D eigenvalue weighted by molar-refractivity contribution is 6.23. The van der Waals surface area contributed by atoms with Crippen LogP contribution in [-0.4, -0.2) is 0 Å². The van der Waals surface area contributed by atoms with E-state index in [0.29, 0.717) is 0 Å². The highest BCUT2D eigenvalue weighted by Gasteiger charge is 2.39. The van der Waals surface area contributed by atoms with E-state index in [1.807, 2.05) is 0 Å². The summed E-state index contributed by atoms with van der Waals surface area (Å²) in [4.78, 5) is 0. The van der Waals surface area contributed by atoms with Crippen molar-refractivity contribution in [2.24, 2.45) is 0 Å². The maximum Gasteiger partial charge on any atom is 0.0159 e. The fourth-order valence-electron chi connectivity index (χ4n) is 13.2. The average Bonchev–Trinajstić information content (AvgIpc) is 3.85. The second kappa shape index (κ2) is 15.1. The van der Waals surface area contributed by atoms with Crippen LogP contribution in [0.5, 0.6) is 0 Å². The molecule has 0 fully saturated rings. The molecule has 3 aliphatic carbocycles. The van der Waals surface area contributed by atoms with Gasteiger partial charge in [-0.05, 0) is 181 Å². The minimum absolute atomic E-state index is 0.142. The van der Waals surface area contributed by atoms with Crippen LogP contribution >= 0.6 is 0 Å². The van der Waals surface area contributed by atoms with E-state index in [0.717, 1.165) is 0 Å². The van der Waals surface area contributed by atoms with Gasteiger partial charge in [0.15, 0.2) is 0 Å². The molecule has 0 saturated heterocycles. The zero-order valence-corrected chi connectivity index (χ0v) is 41.3. The molecule has 3 aliphatic rings. The van der Waals surface area contributed by atoms with Crippen molar-refractivity contribution >= 4 is 37.9 Å². The minimum Gasteiger partial charge on any atom is -0.0987 e. The Kier molecular flexibility index (Phi) is 9.13. The van der Waals surface area contributed by atoms with Crippen LogP contribution in [0, 0.1) is 0 Å². The Hall–Kier alpha value is -7.80. The van der Waals surface area contributed by atoms with Crippen molar-refractivity contribution in [1.82, 2.24) is 0 Å². The van der Waals surface area contributed by atoms with Gasteiger partial charge in [0.1, 0.15) is 0 Å². The van der Waals surface area contributed by atoms with Crippen molar-refractivity contribution in [3.05, 3.63) is 246 Å². The van der Waals surface area contributed by atoms with Crippen molar-refractivity contribution < 1.29 is 0 Å². The maximum absolute atomic E-state index is 4.33. The molecule has 70 heavy (non-hydrogen) atoms. The Bertz CT molecular complexity index is 3960. The summed E-state index contributed by atoms with van der Waals surface area (Å²) in [6.45, 7) is 20.8. The molecular weight excluding hydrogens is 841 g/mol. The van der Waals surface area contributed by atoms with E-state index in [9.17, 15) is 0 Å². The lowest BCUT2D eigenvalue weighted by molar-refractivity contribution is 0.655. The van der Waals surface area contributed by atoms with Crippen LogP contribution in [0.2, 0.25) is 0 Å². The lowest BCUT2D eigenvalue weighted by Gasteiger charge is -2.26. The summed E-state index contributed by atoms with van der Waals surface area (Å²) in [7, 11) is 0. The van der Waals surface area contributed by atoms with E-state index in [4.69, 9.17) is 0 Å². The second-order valence-electron chi connectivity index (χ2n) is 21.6. The van der Waals surface area contributed by atoms with Gasteiger partial charge in [-0.15, -0.1) is 0 Å². The monoisotopic (exact) mass is 896 g/mol. The number of hydrogen-bond acceptors (Lipinski definition) is 0. The van der Waals surface area contributed by atoms with Gasteiger partial charge in [0, 0.05) is 16.2 Å². The summed E-state index contributed by atoms with van der Waals surface area (Å²) in [5.41, 5.74) is 25.5. The Balaban J connectivity index is 1.11. The van der Waals surface area contributed by atoms with E-state index in [-0.39, 0.29) is 16.2 Å². The molecule has 0 saturated carbocycles. The first kappa shape index (κ1) is 42.3. The number of rotatable bonds is 6. The van der Waals surface area contributed by atoms with Gasteiger partial charge in [0.2, 0.25) is 0 Å². The van der Waals surface area contributed by atoms with Crippen molar-refractivity contribution in [1.29, 1.82) is 0 Å². The van der Waals surface area contributed by atoms with Crippen molar-refractivity contribution in [2.75, 3.05) is 0 Å². The summed E-state index contributed by atoms with van der Waals surface area (Å²) in [6, 6.07) is 69.7. The van der Waals surface area contributed by atoms with Crippen LogP contribution in [0.4, 0.5) is 0 Å². The van der Waals surface area contributed by atoms with Gasteiger partial charge in [-0.2, -0.15) is 0 Å². The Morgan fingerprint density at radius 2 is 0.843 bits per heavy atom. The molecule has 0 radical (unpaired) electrons. The highest BCUT2D eigenvalue weighted by atomic mass is 14.4. The fourth-order valence-corrected chi connectivity index (χ4v) is 13.2. The Morgan fingerprint density at radius 3 is 1.54 bits per heavy atom. The molecule has 0 heterocycles. The quantitative estimate of drug-likeness (QED) is 0.146. The van der Waals surface area contributed by atoms with Crippen LogP contribution in [0.3, 0.4) is 0 Å². The Morgan fingerprint density at radius 1 is 0.343 bits per heavy atom. The normalized spacial score (nSPS) is 15.6. The van der Waals surface area contributed by atoms with Gasteiger partial charge in [-0.3, -0.25) is 0 Å². The largest absolute Gasteiger partial charge is 0.0987 e. The highest BCUT2D eigenvalue weighted by Crippen LogP contribution is 2.56. The van der Waals surface area contributed by atoms with Crippen LogP contribution < -0.4 is 0 Å². The number of benzene rings is 10. The molecule has 0 bridgehead atoms. The molecule has 0 aliphatic heterocycles. The molecule has 0 heteroatoms. The van der Waals surface area contributed by atoms with Crippen LogP contribution in [0.1, 0.15) is 81.8 Å². The van der Waals surface area contributed by atoms with Crippen molar-refractivity contribution in [2.45, 2.75) is 64.7 Å². The SMILES string of the molecule is C=CC1=C(/C=C\C)c2ccc(-c3c4ccc(-c5ccc(-c6cccc7ccccc67)cc5)cc4c(-c4ccc5c(c4)C(C)(C)c4ccccc4-5)c4cc5c(cc34)-c3ccccc3C5(C)C)cc2C1(C)C. The fraction of sp³-hybridized carbons (Fsp3) is 0.143. The lowest BCUT2D eigenvalue weighted by atomic mass is 9.77. The summed E-state index contributed by atoms with van der Waals surface area (Å²) >= 11 is 0. The van der Waals surface area contributed by atoms with Crippen LogP contribution in [0.15, 0.2) is 212 Å². The van der Waals surface area contributed by atoms with E-state index >= 15 is 0 Å². The zero-order chi connectivity index (χ0) is 47.8. The second-order valence-corrected chi connectivity index (χ2v) is 21.6. The summed E-state index contributed by atoms with van der Waals surface area (Å²) in [6.07, 6.45) is 6.49. The third kappa shape index (κ3) is 5.89. The molecule has 10 aromatic rings. The summed E-state index contributed by atoms with van der Waals surface area (Å²) < 4.78 is 0. The van der Waals surface area contributed by atoms with Gasteiger partial charge in [0.25, 0.3) is 0 Å². The van der Waals surface area contributed by atoms with Gasteiger partial charge in [-0.25, -0.2) is 0 Å².